The van der Waals surface area contributed by atoms with Gasteiger partial charge in [-0.05, 0) is 18.0 Å². The van der Waals surface area contributed by atoms with Crippen LogP contribution in [0.25, 0.3) is 0 Å². The van der Waals surface area contributed by atoms with Crippen molar-refractivity contribution in [3.63, 3.8) is 0 Å². The van der Waals surface area contributed by atoms with Crippen LogP contribution in [0.4, 0.5) is 5.95 Å². The Morgan fingerprint density at radius 3 is 2.67 bits per heavy atom. The summed E-state index contributed by atoms with van der Waals surface area (Å²) in [4.78, 5) is 6.19. The van der Waals surface area contributed by atoms with Gasteiger partial charge in [0, 0.05) is 20.1 Å². The first kappa shape index (κ1) is 10.4. The fourth-order valence-electron chi connectivity index (χ4n) is 2.03. The molecule has 0 amide bonds. The zero-order valence-electron chi connectivity index (χ0n) is 9.31. The molecule has 0 radical (unpaired) electrons. The quantitative estimate of drug-likeness (QED) is 0.792. The summed E-state index contributed by atoms with van der Waals surface area (Å²) >= 11 is 0. The van der Waals surface area contributed by atoms with Gasteiger partial charge >= 0.3 is 0 Å². The minimum Gasteiger partial charge on any atom is -0.344 e. The molecule has 1 saturated carbocycles. The van der Waals surface area contributed by atoms with E-state index < -0.39 is 0 Å². The van der Waals surface area contributed by atoms with E-state index >= 15 is 0 Å². The van der Waals surface area contributed by atoms with Gasteiger partial charge in [0.1, 0.15) is 0 Å². The number of hydrogen-bond acceptors (Lipinski definition) is 5. The zero-order chi connectivity index (χ0) is 10.8. The number of nitrogens with zero attached hydrogens (tertiary/aromatic N) is 3. The summed E-state index contributed by atoms with van der Waals surface area (Å²) in [5.41, 5.74) is 6.05. The normalized spacial score (nSPS) is 26.6. The summed E-state index contributed by atoms with van der Waals surface area (Å²) in [6.45, 7) is 0. The molecule has 0 saturated heterocycles. The largest absolute Gasteiger partial charge is 0.344 e. The molecule has 0 aliphatic heterocycles. The molecule has 5 heteroatoms. The van der Waals surface area contributed by atoms with Crippen LogP contribution in [0.5, 0.6) is 0 Å². The lowest BCUT2D eigenvalue weighted by Gasteiger charge is -2.25. The summed E-state index contributed by atoms with van der Waals surface area (Å²) in [6, 6.07) is 0.175. The van der Waals surface area contributed by atoms with Crippen LogP contribution in [0, 0.1) is 0 Å². The van der Waals surface area contributed by atoms with Crippen molar-refractivity contribution in [1.29, 1.82) is 0 Å². The number of anilines is 1. The van der Waals surface area contributed by atoms with Crippen molar-refractivity contribution in [3.8, 4) is 0 Å². The van der Waals surface area contributed by atoms with Crippen molar-refractivity contribution >= 4 is 5.95 Å². The van der Waals surface area contributed by atoms with Crippen molar-refractivity contribution in [1.82, 2.24) is 10.1 Å². The van der Waals surface area contributed by atoms with Gasteiger partial charge in [-0.25, -0.2) is 0 Å². The molecule has 0 bridgehead atoms. The molecule has 2 unspecified atom stereocenters. The maximum Gasteiger partial charge on any atom is 0.265 e. The molecular formula is C10H18N4O. The van der Waals surface area contributed by atoms with Crippen molar-refractivity contribution in [2.45, 2.75) is 37.6 Å². The van der Waals surface area contributed by atoms with E-state index in [1.165, 1.54) is 12.8 Å². The zero-order valence-corrected chi connectivity index (χ0v) is 9.31. The molecule has 2 rings (SSSR count). The van der Waals surface area contributed by atoms with E-state index in [1.54, 1.807) is 0 Å². The average Bonchev–Trinajstić information content (AvgIpc) is 2.67. The number of aromatic nitrogens is 2. The molecular weight excluding hydrogens is 192 g/mol. The Kier molecular flexibility index (Phi) is 2.90. The first-order valence-electron chi connectivity index (χ1n) is 5.45. The molecule has 2 atom stereocenters. The molecule has 1 fully saturated rings. The van der Waals surface area contributed by atoms with Gasteiger partial charge in [0.05, 0.1) is 5.92 Å². The van der Waals surface area contributed by atoms with Crippen LogP contribution in [0.3, 0.4) is 0 Å². The molecule has 5 nitrogen and oxygen atoms in total. The second-order valence-electron chi connectivity index (χ2n) is 4.38. The standard InChI is InChI=1S/C10H18N4O/c1-14(2)10-12-9(15-13-10)7-5-3-4-6-8(7)11/h7-8H,3-6,11H2,1-2H3. The molecule has 1 aliphatic carbocycles. The van der Waals surface area contributed by atoms with Gasteiger partial charge in [0.25, 0.3) is 5.95 Å². The smallest absolute Gasteiger partial charge is 0.265 e. The topological polar surface area (TPSA) is 68.2 Å². The van der Waals surface area contributed by atoms with Crippen molar-refractivity contribution in [2.24, 2.45) is 5.73 Å². The summed E-state index contributed by atoms with van der Waals surface area (Å²) in [6.07, 6.45) is 4.55. The van der Waals surface area contributed by atoms with Crippen molar-refractivity contribution < 1.29 is 4.52 Å². The predicted molar refractivity (Wildman–Crippen MR) is 57.8 cm³/mol. The third-order valence-electron chi connectivity index (χ3n) is 2.97. The lowest BCUT2D eigenvalue weighted by molar-refractivity contribution is 0.290. The van der Waals surface area contributed by atoms with Gasteiger partial charge in [0.15, 0.2) is 0 Å². The first-order valence-corrected chi connectivity index (χ1v) is 5.45. The minimum atomic E-state index is 0.175. The van der Waals surface area contributed by atoms with E-state index in [1.807, 2.05) is 19.0 Å². The highest BCUT2D eigenvalue weighted by Gasteiger charge is 2.28. The van der Waals surface area contributed by atoms with Gasteiger partial charge in [-0.2, -0.15) is 4.98 Å². The van der Waals surface area contributed by atoms with E-state index in [9.17, 15) is 0 Å². The monoisotopic (exact) mass is 210 g/mol. The summed E-state index contributed by atoms with van der Waals surface area (Å²) in [5, 5.41) is 3.91. The SMILES string of the molecule is CN(C)c1noc(C2CCCCC2N)n1. The Labute approximate surface area is 89.6 Å². The average molecular weight is 210 g/mol. The maximum absolute atomic E-state index is 6.05. The van der Waals surface area contributed by atoms with E-state index in [0.717, 1.165) is 12.8 Å². The fraction of sp³-hybridized carbons (Fsp3) is 0.800. The summed E-state index contributed by atoms with van der Waals surface area (Å²) < 4.78 is 5.25. The predicted octanol–water partition coefficient (Wildman–Crippen LogP) is 1.12. The minimum absolute atomic E-state index is 0.175. The third kappa shape index (κ3) is 2.12. The van der Waals surface area contributed by atoms with Gasteiger partial charge in [-0.1, -0.05) is 12.8 Å². The summed E-state index contributed by atoms with van der Waals surface area (Å²) in [5.74, 6) is 1.58. The van der Waals surface area contributed by atoms with Gasteiger partial charge < -0.3 is 15.2 Å². The second kappa shape index (κ2) is 4.18. The van der Waals surface area contributed by atoms with Gasteiger partial charge in [-0.3, -0.25) is 0 Å². The Morgan fingerprint density at radius 1 is 1.33 bits per heavy atom. The summed E-state index contributed by atoms with van der Waals surface area (Å²) in [7, 11) is 3.80. The van der Waals surface area contributed by atoms with Crippen LogP contribution in [-0.4, -0.2) is 30.3 Å². The lowest BCUT2D eigenvalue weighted by atomic mass is 9.85. The highest BCUT2D eigenvalue weighted by Crippen LogP contribution is 2.31. The van der Waals surface area contributed by atoms with E-state index in [0.29, 0.717) is 11.8 Å². The number of nitrogens with two attached hydrogens (primary N) is 1. The molecule has 1 aliphatic rings. The van der Waals surface area contributed by atoms with Gasteiger partial charge in [-0.15, -0.1) is 0 Å². The maximum atomic E-state index is 6.05. The second-order valence-corrected chi connectivity index (χ2v) is 4.38. The van der Waals surface area contributed by atoms with Crippen LogP contribution in [-0.2, 0) is 0 Å². The Morgan fingerprint density at radius 2 is 2.07 bits per heavy atom. The van der Waals surface area contributed by atoms with Crippen LogP contribution in [0.2, 0.25) is 0 Å². The Hall–Kier alpha value is -1.10. The van der Waals surface area contributed by atoms with Crippen LogP contribution >= 0.6 is 0 Å². The Balaban J connectivity index is 2.13. The van der Waals surface area contributed by atoms with Crippen molar-refractivity contribution in [3.05, 3.63) is 5.89 Å². The van der Waals surface area contributed by atoms with Crippen LogP contribution < -0.4 is 10.6 Å². The highest BCUT2D eigenvalue weighted by molar-refractivity contribution is 5.24. The fourth-order valence-corrected chi connectivity index (χ4v) is 2.03. The number of hydrogen-bond donors (Lipinski definition) is 1. The third-order valence-corrected chi connectivity index (χ3v) is 2.97. The van der Waals surface area contributed by atoms with Crippen molar-refractivity contribution in [2.75, 3.05) is 19.0 Å². The molecule has 2 N–H and O–H groups in total. The van der Waals surface area contributed by atoms with E-state index in [4.69, 9.17) is 10.3 Å². The van der Waals surface area contributed by atoms with Gasteiger partial charge in [0.2, 0.25) is 5.89 Å². The molecule has 15 heavy (non-hydrogen) atoms. The molecule has 0 spiro atoms. The molecule has 1 heterocycles. The van der Waals surface area contributed by atoms with Crippen LogP contribution in [0.15, 0.2) is 4.52 Å². The molecule has 84 valence electrons. The highest BCUT2D eigenvalue weighted by atomic mass is 16.5. The van der Waals surface area contributed by atoms with E-state index in [2.05, 4.69) is 10.1 Å². The number of rotatable bonds is 2. The lowest BCUT2D eigenvalue weighted by Crippen LogP contribution is -2.31. The Bertz CT molecular complexity index is 323. The molecule has 1 aromatic rings. The first-order chi connectivity index (χ1) is 7.18. The van der Waals surface area contributed by atoms with Crippen LogP contribution in [0.1, 0.15) is 37.5 Å². The molecule has 0 aromatic carbocycles. The van der Waals surface area contributed by atoms with E-state index in [-0.39, 0.29) is 12.0 Å². The molecule has 1 aromatic heterocycles.